The number of carbonyl (C=O) groups excluding carboxylic acids is 1. The van der Waals surface area contributed by atoms with Crippen molar-refractivity contribution in [3.05, 3.63) is 93.8 Å². The average Bonchev–Trinajstić information content (AvgIpc) is 3.21. The minimum absolute atomic E-state index is 0.121. The van der Waals surface area contributed by atoms with Crippen molar-refractivity contribution in [1.29, 1.82) is 0 Å². The number of fused-ring (bicyclic) bond motifs is 3. The molecule has 176 valence electrons. The van der Waals surface area contributed by atoms with Crippen molar-refractivity contribution in [2.45, 2.75) is 19.0 Å². The molecule has 6 nitrogen and oxygen atoms in total. The maximum Gasteiger partial charge on any atom is 0.283 e. The van der Waals surface area contributed by atoms with Gasteiger partial charge in [0.15, 0.2) is 5.16 Å². The number of carbonyl (C=O) groups is 1. The third-order valence-corrected chi connectivity index (χ3v) is 6.79. The van der Waals surface area contributed by atoms with Crippen LogP contribution in [0.5, 0.6) is 0 Å². The number of thioether (sulfide) groups is 1. The lowest BCUT2D eigenvalue weighted by atomic mass is 10.1. The molecule has 0 saturated heterocycles. The van der Waals surface area contributed by atoms with Crippen LogP contribution in [-0.2, 0) is 4.79 Å². The number of aryl methyl sites for hydroxylation is 1. The normalized spacial score (nSPS) is 11.3. The summed E-state index contributed by atoms with van der Waals surface area (Å²) in [5.74, 6) is -2.25. The lowest BCUT2D eigenvalue weighted by molar-refractivity contribution is -0.113. The molecule has 0 unspecified atom stereocenters. The molecule has 2 aromatic heterocycles. The maximum atomic E-state index is 14.0. The molecule has 1 amide bonds. The number of aromatic nitrogens is 3. The van der Waals surface area contributed by atoms with Crippen molar-refractivity contribution in [2.75, 3.05) is 11.1 Å². The van der Waals surface area contributed by atoms with Crippen molar-refractivity contribution >= 4 is 45.3 Å². The van der Waals surface area contributed by atoms with E-state index in [9.17, 15) is 18.4 Å². The highest BCUT2D eigenvalue weighted by molar-refractivity contribution is 7.99. The Balaban J connectivity index is 1.58. The predicted molar refractivity (Wildman–Crippen MR) is 134 cm³/mol. The Morgan fingerprint density at radius 3 is 2.69 bits per heavy atom. The number of hydrogen-bond acceptors (Lipinski definition) is 4. The van der Waals surface area contributed by atoms with Gasteiger partial charge in [-0.1, -0.05) is 42.1 Å². The van der Waals surface area contributed by atoms with Crippen LogP contribution < -0.4 is 10.9 Å². The summed E-state index contributed by atoms with van der Waals surface area (Å²) in [6.45, 7) is 3.88. The van der Waals surface area contributed by atoms with E-state index in [4.69, 9.17) is 4.98 Å². The smallest absolute Gasteiger partial charge is 0.283 e. The molecule has 35 heavy (non-hydrogen) atoms. The minimum atomic E-state index is -0.867. The lowest BCUT2D eigenvalue weighted by Gasteiger charge is -2.15. The molecular weight excluding hydrogens is 470 g/mol. The summed E-state index contributed by atoms with van der Waals surface area (Å²) in [6.07, 6.45) is 0. The second kappa shape index (κ2) is 8.99. The molecule has 0 aliphatic carbocycles. The number of nitrogens with zero attached hydrogens (tertiary/aromatic N) is 2. The van der Waals surface area contributed by atoms with Crippen LogP contribution in [0, 0.1) is 25.5 Å². The second-order valence-electron chi connectivity index (χ2n) is 8.11. The van der Waals surface area contributed by atoms with Crippen molar-refractivity contribution in [3.63, 3.8) is 0 Å². The number of para-hydroxylation sites is 1. The van der Waals surface area contributed by atoms with Gasteiger partial charge < -0.3 is 10.3 Å². The number of hydrogen-bond donors (Lipinski definition) is 2. The molecule has 0 aliphatic heterocycles. The largest absolute Gasteiger partial charge is 0.349 e. The summed E-state index contributed by atoms with van der Waals surface area (Å²) in [4.78, 5) is 34.2. The van der Waals surface area contributed by atoms with E-state index in [1.54, 1.807) is 0 Å². The number of anilines is 1. The highest BCUT2D eigenvalue weighted by Gasteiger charge is 2.20. The molecule has 3 aromatic carbocycles. The predicted octanol–water partition coefficient (Wildman–Crippen LogP) is 5.49. The SMILES string of the molecule is Cc1cccc(-n2c(SCC(=O)Nc3ccc(F)cc3F)nc3c([nH]c4ccccc43)c2=O)c1C. The lowest BCUT2D eigenvalue weighted by Crippen LogP contribution is -2.24. The van der Waals surface area contributed by atoms with E-state index in [1.165, 1.54) is 4.57 Å². The van der Waals surface area contributed by atoms with Crippen molar-refractivity contribution in [2.24, 2.45) is 0 Å². The number of aromatic amines is 1. The first kappa shape index (κ1) is 22.8. The molecule has 0 bridgehead atoms. The summed E-state index contributed by atoms with van der Waals surface area (Å²) >= 11 is 1.06. The summed E-state index contributed by atoms with van der Waals surface area (Å²) < 4.78 is 28.6. The quantitative estimate of drug-likeness (QED) is 0.252. The molecule has 0 saturated carbocycles. The van der Waals surface area contributed by atoms with Gasteiger partial charge in [0, 0.05) is 17.0 Å². The van der Waals surface area contributed by atoms with E-state index < -0.39 is 17.5 Å². The fourth-order valence-electron chi connectivity index (χ4n) is 3.94. The number of rotatable bonds is 5. The minimum Gasteiger partial charge on any atom is -0.349 e. The molecule has 0 aliphatic rings. The molecule has 0 radical (unpaired) electrons. The van der Waals surface area contributed by atoms with E-state index in [-0.39, 0.29) is 17.0 Å². The van der Waals surface area contributed by atoms with Gasteiger partial charge in [0.05, 0.1) is 17.1 Å². The number of amides is 1. The molecule has 0 spiro atoms. The molecule has 2 heterocycles. The Hall–Kier alpha value is -3.98. The van der Waals surface area contributed by atoms with Gasteiger partial charge in [0.25, 0.3) is 5.56 Å². The molecule has 5 aromatic rings. The summed E-state index contributed by atoms with van der Waals surface area (Å²) in [6, 6.07) is 16.1. The third kappa shape index (κ3) is 4.19. The highest BCUT2D eigenvalue weighted by Crippen LogP contribution is 2.28. The number of benzene rings is 3. The van der Waals surface area contributed by atoms with Gasteiger partial charge in [0.1, 0.15) is 22.7 Å². The van der Waals surface area contributed by atoms with Gasteiger partial charge in [-0.15, -0.1) is 0 Å². The van der Waals surface area contributed by atoms with Gasteiger partial charge in [-0.2, -0.15) is 0 Å². The Morgan fingerprint density at radius 2 is 1.89 bits per heavy atom. The monoisotopic (exact) mass is 490 g/mol. The zero-order valence-corrected chi connectivity index (χ0v) is 19.7. The first-order chi connectivity index (χ1) is 16.8. The van der Waals surface area contributed by atoms with E-state index in [1.807, 2.05) is 56.3 Å². The van der Waals surface area contributed by atoms with E-state index in [0.29, 0.717) is 27.9 Å². The fourth-order valence-corrected chi connectivity index (χ4v) is 4.74. The van der Waals surface area contributed by atoms with Crippen molar-refractivity contribution in [3.8, 4) is 5.69 Å². The Kier molecular flexibility index (Phi) is 5.86. The van der Waals surface area contributed by atoms with Crippen LogP contribution in [0.3, 0.4) is 0 Å². The van der Waals surface area contributed by atoms with Gasteiger partial charge >= 0.3 is 0 Å². The van der Waals surface area contributed by atoms with Gasteiger partial charge in [-0.3, -0.25) is 14.2 Å². The molecule has 2 N–H and O–H groups in total. The Labute approximate surface area is 203 Å². The zero-order valence-electron chi connectivity index (χ0n) is 18.9. The van der Waals surface area contributed by atoms with Crippen molar-refractivity contribution in [1.82, 2.24) is 14.5 Å². The summed E-state index contributed by atoms with van der Waals surface area (Å²) in [5, 5.41) is 3.57. The highest BCUT2D eigenvalue weighted by atomic mass is 32.2. The number of nitrogens with one attached hydrogen (secondary N) is 2. The van der Waals surface area contributed by atoms with Crippen LogP contribution in [0.4, 0.5) is 14.5 Å². The summed E-state index contributed by atoms with van der Waals surface area (Å²) in [5.41, 5.74) is 3.84. The van der Waals surface area contributed by atoms with E-state index in [2.05, 4.69) is 10.3 Å². The van der Waals surface area contributed by atoms with Gasteiger partial charge in [-0.05, 0) is 49.2 Å². The fraction of sp³-hybridized carbons (Fsp3) is 0.115. The van der Waals surface area contributed by atoms with Gasteiger partial charge in [-0.25, -0.2) is 13.8 Å². The molecular formula is C26H20F2N4O2S. The van der Waals surface area contributed by atoms with Crippen LogP contribution in [-0.4, -0.2) is 26.2 Å². The standard InChI is InChI=1S/C26H20F2N4O2S/c1-14-6-5-9-21(15(14)2)32-25(34)24-23(17-7-3-4-8-19(17)30-24)31-26(32)35-13-22(33)29-20-11-10-16(27)12-18(20)28/h3-12,30H,13H2,1-2H3,(H,29,33). The molecule has 9 heteroatoms. The van der Waals surface area contributed by atoms with E-state index in [0.717, 1.165) is 45.9 Å². The second-order valence-corrected chi connectivity index (χ2v) is 9.05. The first-order valence-electron chi connectivity index (χ1n) is 10.8. The van der Waals surface area contributed by atoms with E-state index >= 15 is 0 Å². The summed E-state index contributed by atoms with van der Waals surface area (Å²) in [7, 11) is 0. The first-order valence-corrected chi connectivity index (χ1v) is 11.8. The molecule has 5 rings (SSSR count). The van der Waals surface area contributed by atoms with Crippen LogP contribution >= 0.6 is 11.8 Å². The Morgan fingerprint density at radius 1 is 1.09 bits per heavy atom. The third-order valence-electron chi connectivity index (χ3n) is 5.85. The van der Waals surface area contributed by atoms with Crippen molar-refractivity contribution < 1.29 is 13.6 Å². The average molecular weight is 491 g/mol. The maximum absolute atomic E-state index is 14.0. The molecule has 0 atom stereocenters. The van der Waals surface area contributed by atoms with Gasteiger partial charge in [0.2, 0.25) is 5.91 Å². The van der Waals surface area contributed by atoms with Crippen LogP contribution in [0.25, 0.3) is 27.6 Å². The Bertz CT molecular complexity index is 1680. The topological polar surface area (TPSA) is 79.8 Å². The zero-order chi connectivity index (χ0) is 24.7. The molecule has 0 fully saturated rings. The number of H-pyrrole nitrogens is 1. The van der Waals surface area contributed by atoms with Crippen LogP contribution in [0.1, 0.15) is 11.1 Å². The van der Waals surface area contributed by atoms with Crippen LogP contribution in [0.15, 0.2) is 70.6 Å². The number of halogens is 2. The van der Waals surface area contributed by atoms with Crippen LogP contribution in [0.2, 0.25) is 0 Å².